The van der Waals surface area contributed by atoms with E-state index in [1.807, 2.05) is 18.2 Å². The first-order valence-electron chi connectivity index (χ1n) is 7.66. The second kappa shape index (κ2) is 6.04. The van der Waals surface area contributed by atoms with Crippen molar-refractivity contribution >= 4 is 0 Å². The Kier molecular flexibility index (Phi) is 4.59. The third kappa shape index (κ3) is 3.45. The molecule has 0 aliphatic carbocycles. The number of ether oxygens (including phenoxy) is 2. The molecule has 0 aromatic heterocycles. The van der Waals surface area contributed by atoms with Gasteiger partial charge < -0.3 is 15.2 Å². The van der Waals surface area contributed by atoms with E-state index in [0.717, 1.165) is 42.9 Å². The first-order valence-corrected chi connectivity index (χ1v) is 7.66. The van der Waals surface area contributed by atoms with Gasteiger partial charge in [-0.25, -0.2) is 0 Å². The lowest BCUT2D eigenvalue weighted by Gasteiger charge is -2.36. The lowest BCUT2D eigenvalue weighted by atomic mass is 9.90. The third-order valence-corrected chi connectivity index (χ3v) is 4.12. The van der Waals surface area contributed by atoms with Crippen molar-refractivity contribution in [3.05, 3.63) is 23.8 Å². The lowest BCUT2D eigenvalue weighted by molar-refractivity contribution is 0.0723. The van der Waals surface area contributed by atoms with Crippen molar-refractivity contribution in [1.82, 2.24) is 0 Å². The van der Waals surface area contributed by atoms with Crippen molar-refractivity contribution in [3.8, 4) is 11.5 Å². The summed E-state index contributed by atoms with van der Waals surface area (Å²) >= 11 is 0. The largest absolute Gasteiger partial charge is 0.493 e. The molecule has 112 valence electrons. The van der Waals surface area contributed by atoms with Gasteiger partial charge in [-0.15, -0.1) is 0 Å². The highest BCUT2D eigenvalue weighted by molar-refractivity contribution is 5.44. The molecule has 3 heteroatoms. The normalized spacial score (nSPS) is 20.4. The Balaban J connectivity index is 2.11. The zero-order valence-electron chi connectivity index (χ0n) is 13.1. The molecule has 0 fully saturated rings. The summed E-state index contributed by atoms with van der Waals surface area (Å²) in [5.41, 5.74) is 7.09. The number of hydrogen-bond acceptors (Lipinski definition) is 3. The van der Waals surface area contributed by atoms with Gasteiger partial charge in [0, 0.05) is 24.1 Å². The topological polar surface area (TPSA) is 44.5 Å². The highest BCUT2D eigenvalue weighted by Crippen LogP contribution is 2.40. The SMILES string of the molecule is CCC(CC)COc1ccc2c(c1)OC(C)(C)CC2N. The monoisotopic (exact) mass is 277 g/mol. The average molecular weight is 277 g/mol. The molecule has 1 aliphatic rings. The molecule has 2 rings (SSSR count). The van der Waals surface area contributed by atoms with Gasteiger partial charge in [-0.3, -0.25) is 0 Å². The van der Waals surface area contributed by atoms with Crippen LogP contribution in [0.4, 0.5) is 0 Å². The van der Waals surface area contributed by atoms with Crippen LogP contribution in [0.3, 0.4) is 0 Å². The Morgan fingerprint density at radius 2 is 2.05 bits per heavy atom. The van der Waals surface area contributed by atoms with Crippen LogP contribution in [-0.2, 0) is 0 Å². The minimum atomic E-state index is -0.208. The molecule has 1 unspecified atom stereocenters. The number of benzene rings is 1. The highest BCUT2D eigenvalue weighted by atomic mass is 16.5. The number of hydrogen-bond donors (Lipinski definition) is 1. The predicted molar refractivity (Wildman–Crippen MR) is 82.3 cm³/mol. The van der Waals surface area contributed by atoms with Crippen LogP contribution in [0.5, 0.6) is 11.5 Å². The summed E-state index contributed by atoms with van der Waals surface area (Å²) in [7, 11) is 0. The van der Waals surface area contributed by atoms with E-state index < -0.39 is 0 Å². The summed E-state index contributed by atoms with van der Waals surface area (Å²) in [5.74, 6) is 2.36. The van der Waals surface area contributed by atoms with E-state index in [4.69, 9.17) is 15.2 Å². The maximum Gasteiger partial charge on any atom is 0.128 e. The predicted octanol–water partition coefficient (Wildman–Crippen LogP) is 4.06. The van der Waals surface area contributed by atoms with E-state index >= 15 is 0 Å². The van der Waals surface area contributed by atoms with E-state index in [1.165, 1.54) is 0 Å². The van der Waals surface area contributed by atoms with E-state index in [0.29, 0.717) is 5.92 Å². The summed E-state index contributed by atoms with van der Waals surface area (Å²) in [5, 5.41) is 0. The van der Waals surface area contributed by atoms with Crippen molar-refractivity contribution in [2.45, 2.75) is 58.6 Å². The maximum absolute atomic E-state index is 6.22. The van der Waals surface area contributed by atoms with Crippen molar-refractivity contribution in [1.29, 1.82) is 0 Å². The number of rotatable bonds is 5. The second-order valence-corrected chi connectivity index (χ2v) is 6.37. The molecule has 1 aromatic carbocycles. The van der Waals surface area contributed by atoms with Crippen molar-refractivity contribution in [2.75, 3.05) is 6.61 Å². The number of nitrogens with two attached hydrogens (primary N) is 1. The van der Waals surface area contributed by atoms with Crippen LogP contribution in [0.25, 0.3) is 0 Å². The molecular formula is C17H27NO2. The third-order valence-electron chi connectivity index (χ3n) is 4.12. The molecule has 3 nitrogen and oxygen atoms in total. The van der Waals surface area contributed by atoms with Crippen molar-refractivity contribution < 1.29 is 9.47 Å². The van der Waals surface area contributed by atoms with Gasteiger partial charge in [-0.2, -0.15) is 0 Å². The molecule has 0 saturated heterocycles. The summed E-state index contributed by atoms with van der Waals surface area (Å²) in [4.78, 5) is 0. The molecule has 0 saturated carbocycles. The van der Waals surface area contributed by atoms with Gasteiger partial charge in [0.1, 0.15) is 17.1 Å². The van der Waals surface area contributed by atoms with Gasteiger partial charge in [-0.05, 0) is 25.8 Å². The fourth-order valence-electron chi connectivity index (χ4n) is 2.72. The molecule has 0 bridgehead atoms. The summed E-state index contributed by atoms with van der Waals surface area (Å²) in [6.07, 6.45) is 3.14. The van der Waals surface area contributed by atoms with E-state index in [-0.39, 0.29) is 11.6 Å². The maximum atomic E-state index is 6.22. The van der Waals surface area contributed by atoms with Crippen molar-refractivity contribution in [3.63, 3.8) is 0 Å². The Bertz CT molecular complexity index is 452. The quantitative estimate of drug-likeness (QED) is 0.882. The number of fused-ring (bicyclic) bond motifs is 1. The Labute approximate surface area is 122 Å². The van der Waals surface area contributed by atoms with Crippen LogP contribution in [0.2, 0.25) is 0 Å². The molecule has 1 aromatic rings. The fourth-order valence-corrected chi connectivity index (χ4v) is 2.72. The van der Waals surface area contributed by atoms with Gasteiger partial charge in [-0.1, -0.05) is 32.8 Å². The second-order valence-electron chi connectivity index (χ2n) is 6.37. The first kappa shape index (κ1) is 15.2. The highest BCUT2D eigenvalue weighted by Gasteiger charge is 2.31. The molecule has 0 spiro atoms. The molecule has 2 N–H and O–H groups in total. The smallest absolute Gasteiger partial charge is 0.128 e. The molecule has 0 amide bonds. The first-order chi connectivity index (χ1) is 9.45. The molecular weight excluding hydrogens is 250 g/mol. The van der Waals surface area contributed by atoms with Crippen LogP contribution in [0, 0.1) is 5.92 Å². The van der Waals surface area contributed by atoms with Crippen LogP contribution < -0.4 is 15.2 Å². The van der Waals surface area contributed by atoms with Gasteiger partial charge in [0.15, 0.2) is 0 Å². The standard InChI is InChI=1S/C17H27NO2/c1-5-12(6-2)11-19-13-7-8-14-15(18)10-17(3,4)20-16(14)9-13/h7-9,12,15H,5-6,10-11,18H2,1-4H3. The molecule has 1 aliphatic heterocycles. The van der Waals surface area contributed by atoms with Crippen LogP contribution in [-0.4, -0.2) is 12.2 Å². The molecule has 1 heterocycles. The Morgan fingerprint density at radius 1 is 1.35 bits per heavy atom. The molecule has 20 heavy (non-hydrogen) atoms. The average Bonchev–Trinajstić information content (AvgIpc) is 2.38. The minimum Gasteiger partial charge on any atom is -0.493 e. The van der Waals surface area contributed by atoms with E-state index in [1.54, 1.807) is 0 Å². The Hall–Kier alpha value is -1.22. The van der Waals surface area contributed by atoms with Crippen LogP contribution in [0.1, 0.15) is 58.6 Å². The zero-order valence-corrected chi connectivity index (χ0v) is 13.1. The molecule has 0 radical (unpaired) electrons. The van der Waals surface area contributed by atoms with Gasteiger partial charge in [0.2, 0.25) is 0 Å². The van der Waals surface area contributed by atoms with Gasteiger partial charge in [0.05, 0.1) is 6.61 Å². The van der Waals surface area contributed by atoms with Crippen LogP contribution in [0.15, 0.2) is 18.2 Å². The molecule has 1 atom stereocenters. The minimum absolute atomic E-state index is 0.0434. The Morgan fingerprint density at radius 3 is 2.70 bits per heavy atom. The van der Waals surface area contributed by atoms with Gasteiger partial charge in [0.25, 0.3) is 0 Å². The van der Waals surface area contributed by atoms with Crippen LogP contribution >= 0.6 is 0 Å². The fraction of sp³-hybridized carbons (Fsp3) is 0.647. The van der Waals surface area contributed by atoms with Gasteiger partial charge >= 0.3 is 0 Å². The van der Waals surface area contributed by atoms with E-state index in [9.17, 15) is 0 Å². The zero-order chi connectivity index (χ0) is 14.8. The summed E-state index contributed by atoms with van der Waals surface area (Å²) in [6.45, 7) is 9.33. The lowest BCUT2D eigenvalue weighted by Crippen LogP contribution is -2.37. The van der Waals surface area contributed by atoms with Crippen molar-refractivity contribution in [2.24, 2.45) is 11.7 Å². The summed E-state index contributed by atoms with van der Waals surface area (Å²) < 4.78 is 11.9. The van der Waals surface area contributed by atoms with E-state index in [2.05, 4.69) is 27.7 Å². The summed E-state index contributed by atoms with van der Waals surface area (Å²) in [6, 6.07) is 6.07.